The summed E-state index contributed by atoms with van der Waals surface area (Å²) >= 11 is 1.25. The highest BCUT2D eigenvalue weighted by Crippen LogP contribution is 2.28. The molecule has 1 aliphatic carbocycles. The summed E-state index contributed by atoms with van der Waals surface area (Å²) in [4.78, 5) is 23.0. The van der Waals surface area contributed by atoms with Crippen molar-refractivity contribution in [3.63, 3.8) is 0 Å². The van der Waals surface area contributed by atoms with Crippen LogP contribution in [0.3, 0.4) is 0 Å². The number of amides is 1. The number of rotatable bonds is 5. The van der Waals surface area contributed by atoms with E-state index in [1.54, 1.807) is 29.8 Å². The van der Waals surface area contributed by atoms with Crippen LogP contribution >= 0.6 is 11.3 Å². The van der Waals surface area contributed by atoms with Gasteiger partial charge in [-0.15, -0.1) is 10.2 Å². The van der Waals surface area contributed by atoms with Gasteiger partial charge in [-0.05, 0) is 49.9 Å². The molecule has 8 heteroatoms. The van der Waals surface area contributed by atoms with Crippen LogP contribution < -0.4 is 10.1 Å². The van der Waals surface area contributed by atoms with E-state index in [0.29, 0.717) is 29.3 Å². The average molecular weight is 347 g/mol. The number of carbonyl (C=O) groups excluding carboxylic acids is 1. The summed E-state index contributed by atoms with van der Waals surface area (Å²) < 4.78 is 5.88. The first-order valence-corrected chi connectivity index (χ1v) is 8.57. The van der Waals surface area contributed by atoms with Crippen molar-refractivity contribution in [3.8, 4) is 5.75 Å². The predicted molar refractivity (Wildman–Crippen MR) is 88.3 cm³/mol. The minimum atomic E-state index is -0.723. The maximum Gasteiger partial charge on any atom is 0.306 e. The van der Waals surface area contributed by atoms with Crippen molar-refractivity contribution >= 4 is 28.3 Å². The highest BCUT2D eigenvalue weighted by Gasteiger charge is 2.26. The number of carboxylic acid groups (broad SMARTS) is 1. The lowest BCUT2D eigenvalue weighted by molar-refractivity contribution is -0.143. The van der Waals surface area contributed by atoms with Gasteiger partial charge in [-0.1, -0.05) is 11.3 Å². The van der Waals surface area contributed by atoms with Gasteiger partial charge in [-0.2, -0.15) is 0 Å². The van der Waals surface area contributed by atoms with Gasteiger partial charge in [0.05, 0.1) is 12.0 Å². The quantitative estimate of drug-likeness (QED) is 0.862. The predicted octanol–water partition coefficient (Wildman–Crippen LogP) is 2.81. The monoisotopic (exact) mass is 347 g/mol. The Hall–Kier alpha value is -2.48. The zero-order chi connectivity index (χ0) is 16.9. The molecule has 7 nitrogen and oxygen atoms in total. The number of aromatic nitrogens is 2. The molecule has 1 heterocycles. The van der Waals surface area contributed by atoms with Gasteiger partial charge in [0.1, 0.15) is 11.3 Å². The second kappa shape index (κ2) is 7.39. The Kier molecular flexibility index (Phi) is 5.05. The van der Waals surface area contributed by atoms with Crippen LogP contribution in [0, 0.1) is 5.92 Å². The Morgan fingerprint density at radius 1 is 1.17 bits per heavy atom. The molecule has 1 fully saturated rings. The fourth-order valence-electron chi connectivity index (χ4n) is 2.70. The van der Waals surface area contributed by atoms with Crippen molar-refractivity contribution in [3.05, 3.63) is 35.3 Å². The van der Waals surface area contributed by atoms with Gasteiger partial charge in [-0.3, -0.25) is 14.9 Å². The standard InChI is InChI=1S/C16H17N3O4S/c20-14(18-16-19-17-9-24-16)10-1-5-12(6-2-10)23-13-7-3-11(4-8-13)15(21)22/h1-2,5-6,9,11,13H,3-4,7-8H2,(H,21,22)(H,18,19,20). The van der Waals surface area contributed by atoms with Crippen LogP contribution in [0.1, 0.15) is 36.0 Å². The molecule has 24 heavy (non-hydrogen) atoms. The van der Waals surface area contributed by atoms with Crippen molar-refractivity contribution in [2.45, 2.75) is 31.8 Å². The highest BCUT2D eigenvalue weighted by molar-refractivity contribution is 7.13. The molecule has 3 rings (SSSR count). The fraction of sp³-hybridized carbons (Fsp3) is 0.375. The molecule has 0 spiro atoms. The Balaban J connectivity index is 1.53. The minimum Gasteiger partial charge on any atom is -0.490 e. The lowest BCUT2D eigenvalue weighted by atomic mass is 9.87. The third kappa shape index (κ3) is 4.08. The molecule has 2 N–H and O–H groups in total. The summed E-state index contributed by atoms with van der Waals surface area (Å²) in [5, 5.41) is 19.5. The molecule has 1 aliphatic rings. The first-order chi connectivity index (χ1) is 11.6. The largest absolute Gasteiger partial charge is 0.490 e. The molecule has 2 aromatic rings. The number of anilines is 1. The van der Waals surface area contributed by atoms with E-state index < -0.39 is 5.97 Å². The smallest absolute Gasteiger partial charge is 0.306 e. The van der Waals surface area contributed by atoms with Crippen molar-refractivity contribution in [1.29, 1.82) is 0 Å². The topological polar surface area (TPSA) is 101 Å². The van der Waals surface area contributed by atoms with Crippen LogP contribution in [0.15, 0.2) is 29.8 Å². The highest BCUT2D eigenvalue weighted by atomic mass is 32.1. The van der Waals surface area contributed by atoms with Crippen LogP contribution in [0.5, 0.6) is 5.75 Å². The van der Waals surface area contributed by atoms with Crippen molar-refractivity contribution in [1.82, 2.24) is 10.2 Å². The molecule has 1 aromatic carbocycles. The maximum atomic E-state index is 12.0. The summed E-state index contributed by atoms with van der Waals surface area (Å²) in [5.41, 5.74) is 2.05. The Morgan fingerprint density at radius 2 is 1.88 bits per heavy atom. The minimum absolute atomic E-state index is 0.0293. The number of carbonyl (C=O) groups is 2. The summed E-state index contributed by atoms with van der Waals surface area (Å²) in [7, 11) is 0. The molecule has 0 saturated heterocycles. The number of nitrogens with one attached hydrogen (secondary N) is 1. The maximum absolute atomic E-state index is 12.0. The van der Waals surface area contributed by atoms with E-state index in [-0.39, 0.29) is 17.9 Å². The van der Waals surface area contributed by atoms with E-state index in [9.17, 15) is 9.59 Å². The van der Waals surface area contributed by atoms with Gasteiger partial charge in [0.25, 0.3) is 5.91 Å². The van der Waals surface area contributed by atoms with Crippen LogP contribution in [-0.2, 0) is 4.79 Å². The Labute approximate surface area is 142 Å². The number of hydrogen-bond donors (Lipinski definition) is 2. The van der Waals surface area contributed by atoms with Gasteiger partial charge in [-0.25, -0.2) is 0 Å². The fourth-order valence-corrected chi connectivity index (χ4v) is 3.14. The molecular formula is C16H17N3O4S. The lowest BCUT2D eigenvalue weighted by Crippen LogP contribution is -2.27. The van der Waals surface area contributed by atoms with Crippen LogP contribution in [0.2, 0.25) is 0 Å². The van der Waals surface area contributed by atoms with Crippen LogP contribution in [0.4, 0.5) is 5.13 Å². The zero-order valence-corrected chi connectivity index (χ0v) is 13.7. The second-order valence-electron chi connectivity index (χ2n) is 5.65. The third-order valence-corrected chi connectivity index (χ3v) is 4.63. The molecule has 1 saturated carbocycles. The summed E-state index contributed by atoms with van der Waals surface area (Å²) in [6.07, 6.45) is 2.78. The van der Waals surface area contributed by atoms with E-state index in [2.05, 4.69) is 15.5 Å². The molecule has 0 atom stereocenters. The zero-order valence-electron chi connectivity index (χ0n) is 12.8. The summed E-state index contributed by atoms with van der Waals surface area (Å²) in [5.74, 6) is -0.544. The van der Waals surface area contributed by atoms with Gasteiger partial charge >= 0.3 is 5.97 Å². The van der Waals surface area contributed by atoms with Crippen molar-refractivity contribution in [2.75, 3.05) is 5.32 Å². The number of aliphatic carboxylic acids is 1. The Morgan fingerprint density at radius 3 is 2.46 bits per heavy atom. The van der Waals surface area contributed by atoms with Gasteiger partial charge in [0, 0.05) is 5.56 Å². The molecule has 0 unspecified atom stereocenters. The summed E-state index contributed by atoms with van der Waals surface area (Å²) in [6.45, 7) is 0. The van der Waals surface area contributed by atoms with E-state index in [1.165, 1.54) is 11.3 Å². The van der Waals surface area contributed by atoms with Crippen molar-refractivity contribution in [2.24, 2.45) is 5.92 Å². The molecule has 0 aliphatic heterocycles. The van der Waals surface area contributed by atoms with Crippen LogP contribution in [-0.4, -0.2) is 33.3 Å². The molecule has 1 amide bonds. The SMILES string of the molecule is O=C(Nc1nncs1)c1ccc(OC2CCC(C(=O)O)CC2)cc1. The lowest BCUT2D eigenvalue weighted by Gasteiger charge is -2.26. The molecule has 1 aromatic heterocycles. The average Bonchev–Trinajstić information content (AvgIpc) is 3.09. The first-order valence-electron chi connectivity index (χ1n) is 7.69. The molecule has 0 bridgehead atoms. The molecular weight excluding hydrogens is 330 g/mol. The number of benzene rings is 1. The second-order valence-corrected chi connectivity index (χ2v) is 6.49. The van der Waals surface area contributed by atoms with E-state index in [4.69, 9.17) is 9.84 Å². The van der Waals surface area contributed by atoms with E-state index >= 15 is 0 Å². The number of nitrogens with zero attached hydrogens (tertiary/aromatic N) is 2. The summed E-state index contributed by atoms with van der Waals surface area (Å²) in [6, 6.07) is 6.87. The molecule has 126 valence electrons. The molecule has 0 radical (unpaired) electrons. The van der Waals surface area contributed by atoms with Crippen molar-refractivity contribution < 1.29 is 19.4 Å². The Bertz CT molecular complexity index is 695. The van der Waals surface area contributed by atoms with E-state index in [1.807, 2.05) is 0 Å². The van der Waals surface area contributed by atoms with E-state index in [0.717, 1.165) is 12.8 Å². The normalized spacial score (nSPS) is 20.3. The van der Waals surface area contributed by atoms with Crippen LogP contribution in [0.25, 0.3) is 0 Å². The van der Waals surface area contributed by atoms with Gasteiger partial charge < -0.3 is 9.84 Å². The third-order valence-electron chi connectivity index (χ3n) is 4.02. The number of carboxylic acids is 1. The first kappa shape index (κ1) is 16.4. The number of hydrogen-bond acceptors (Lipinski definition) is 6. The van der Waals surface area contributed by atoms with Gasteiger partial charge in [0.15, 0.2) is 0 Å². The number of ether oxygens (including phenoxy) is 1. The van der Waals surface area contributed by atoms with Gasteiger partial charge in [0.2, 0.25) is 5.13 Å².